The summed E-state index contributed by atoms with van der Waals surface area (Å²) in [5, 5.41) is 19.6. The molecule has 0 bridgehead atoms. The minimum Gasteiger partial charge on any atom is -0.399 e. The molecule has 0 radical (unpaired) electrons. The van der Waals surface area contributed by atoms with E-state index < -0.39 is 5.54 Å². The van der Waals surface area contributed by atoms with Crippen molar-refractivity contribution in [2.45, 2.75) is 31.2 Å². The minimum absolute atomic E-state index is 0.0189. The minimum atomic E-state index is -0.463. The van der Waals surface area contributed by atoms with Crippen LogP contribution in [-0.2, 0) is 0 Å². The van der Waals surface area contributed by atoms with Gasteiger partial charge >= 0.3 is 0 Å². The lowest BCUT2D eigenvalue weighted by atomic mass is 9.83. The van der Waals surface area contributed by atoms with Gasteiger partial charge in [0.25, 0.3) is 0 Å². The van der Waals surface area contributed by atoms with Crippen LogP contribution in [0.25, 0.3) is 0 Å². The summed E-state index contributed by atoms with van der Waals surface area (Å²) in [5.74, 6) is 0. The molecule has 0 fully saturated rings. The maximum atomic E-state index is 9.78. The van der Waals surface area contributed by atoms with Crippen LogP contribution in [0, 0.1) is 0 Å². The molecule has 142 valence electrons. The van der Waals surface area contributed by atoms with Gasteiger partial charge in [0.1, 0.15) is 0 Å². The van der Waals surface area contributed by atoms with Gasteiger partial charge in [0.15, 0.2) is 0 Å². The summed E-state index contributed by atoms with van der Waals surface area (Å²) in [5.41, 5.74) is 20.3. The molecule has 0 heterocycles. The monoisotopic (exact) mass is 358 g/mol. The zero-order valence-corrected chi connectivity index (χ0v) is 15.1. The molecule has 26 heavy (non-hydrogen) atoms. The van der Waals surface area contributed by atoms with E-state index in [1.54, 1.807) is 0 Å². The van der Waals surface area contributed by atoms with Gasteiger partial charge in [-0.15, -0.1) is 0 Å². The predicted octanol–water partition coefficient (Wildman–Crippen LogP) is 2.23. The summed E-state index contributed by atoms with van der Waals surface area (Å²) in [7, 11) is 0. The van der Waals surface area contributed by atoms with E-state index in [4.69, 9.17) is 17.2 Å². The van der Waals surface area contributed by atoms with Crippen molar-refractivity contribution in [3.8, 4) is 0 Å². The van der Waals surface area contributed by atoms with Crippen molar-refractivity contribution in [2.75, 3.05) is 36.1 Å². The summed E-state index contributed by atoms with van der Waals surface area (Å²) >= 11 is 0. The van der Waals surface area contributed by atoms with Crippen LogP contribution in [0.15, 0.2) is 48.5 Å². The van der Waals surface area contributed by atoms with E-state index in [9.17, 15) is 10.2 Å². The molecular weight excluding hydrogens is 328 g/mol. The number of aliphatic hydroxyl groups excluding tert-OH is 2. The first-order valence-corrected chi connectivity index (χ1v) is 8.99. The van der Waals surface area contributed by atoms with Gasteiger partial charge in [-0.3, -0.25) is 0 Å². The number of benzene rings is 2. The second-order valence-electron chi connectivity index (χ2n) is 6.58. The molecule has 0 unspecified atom stereocenters. The molecule has 0 saturated heterocycles. The van der Waals surface area contributed by atoms with Crippen LogP contribution >= 0.6 is 0 Å². The first kappa shape index (κ1) is 20.0. The summed E-state index contributed by atoms with van der Waals surface area (Å²) in [4.78, 5) is 2.17. The maximum Gasteiger partial charge on any atom is 0.0495 e. The van der Waals surface area contributed by atoms with Crippen molar-refractivity contribution in [3.05, 3.63) is 48.5 Å². The van der Waals surface area contributed by atoms with Gasteiger partial charge in [0.05, 0.1) is 0 Å². The zero-order chi connectivity index (χ0) is 19.0. The Morgan fingerprint density at radius 3 is 1.50 bits per heavy atom. The van der Waals surface area contributed by atoms with E-state index in [1.807, 2.05) is 48.5 Å². The molecule has 2 aromatic rings. The smallest absolute Gasteiger partial charge is 0.0495 e. The molecule has 0 amide bonds. The first-order valence-electron chi connectivity index (χ1n) is 8.99. The Balaban J connectivity index is 2.59. The fraction of sp³-hybridized carbons (Fsp3) is 0.400. The quantitative estimate of drug-likeness (QED) is 0.415. The van der Waals surface area contributed by atoms with Crippen molar-refractivity contribution < 1.29 is 10.2 Å². The van der Waals surface area contributed by atoms with Crippen molar-refractivity contribution in [2.24, 2.45) is 5.73 Å². The lowest BCUT2D eigenvalue weighted by Gasteiger charge is -2.46. The molecule has 6 heteroatoms. The molecule has 2 aromatic carbocycles. The number of nitrogen functional groups attached to an aromatic ring is 2. The van der Waals surface area contributed by atoms with E-state index in [2.05, 4.69) is 4.90 Å². The van der Waals surface area contributed by atoms with E-state index in [0.717, 1.165) is 24.2 Å². The van der Waals surface area contributed by atoms with Gasteiger partial charge in [0.2, 0.25) is 0 Å². The second kappa shape index (κ2) is 9.43. The number of aliphatic hydroxyl groups is 2. The highest BCUT2D eigenvalue weighted by atomic mass is 16.3. The highest BCUT2D eigenvalue weighted by Crippen LogP contribution is 2.40. The van der Waals surface area contributed by atoms with Gasteiger partial charge in [-0.25, -0.2) is 0 Å². The van der Waals surface area contributed by atoms with Crippen molar-refractivity contribution in [1.29, 1.82) is 0 Å². The highest BCUT2D eigenvalue weighted by molar-refractivity contribution is 5.68. The van der Waals surface area contributed by atoms with Gasteiger partial charge in [-0.1, -0.05) is 0 Å². The Kier molecular flexibility index (Phi) is 7.26. The number of nitrogens with zero attached hydrogens (tertiary/aromatic N) is 1. The summed E-state index contributed by atoms with van der Waals surface area (Å²) in [6.45, 7) is 0.589. The van der Waals surface area contributed by atoms with Crippen LogP contribution in [0.4, 0.5) is 22.7 Å². The third-order valence-electron chi connectivity index (χ3n) is 4.78. The molecule has 0 aliphatic rings. The number of anilines is 4. The lowest BCUT2D eigenvalue weighted by molar-refractivity contribution is 0.183. The van der Waals surface area contributed by atoms with E-state index in [1.165, 1.54) is 0 Å². The largest absolute Gasteiger partial charge is 0.399 e. The standard InChI is InChI=1S/C20H30N4O2/c21-13-1-10-20(11-14-25,12-15-26)24(18-6-2-16(22)3-7-18)19-8-4-17(23)5-9-19/h2-9,25-26H,1,10-15,21-23H2. The topological polar surface area (TPSA) is 122 Å². The normalized spacial score (nSPS) is 11.5. The van der Waals surface area contributed by atoms with Crippen molar-refractivity contribution >= 4 is 22.7 Å². The number of rotatable bonds is 10. The molecule has 0 aliphatic carbocycles. The third-order valence-corrected chi connectivity index (χ3v) is 4.78. The number of nitrogens with two attached hydrogens (primary N) is 3. The SMILES string of the molecule is NCCCC(CCO)(CCO)N(c1ccc(N)cc1)c1ccc(N)cc1. The van der Waals surface area contributed by atoms with Crippen molar-refractivity contribution in [1.82, 2.24) is 0 Å². The summed E-state index contributed by atoms with van der Waals surface area (Å²) in [6.07, 6.45) is 2.57. The average Bonchev–Trinajstić information content (AvgIpc) is 2.64. The fourth-order valence-corrected chi connectivity index (χ4v) is 3.50. The molecule has 0 spiro atoms. The Labute approximate surface area is 155 Å². The molecule has 2 rings (SSSR count). The zero-order valence-electron chi connectivity index (χ0n) is 15.1. The molecule has 6 nitrogen and oxygen atoms in total. The summed E-state index contributed by atoms with van der Waals surface area (Å²) in [6, 6.07) is 15.2. The Morgan fingerprint density at radius 2 is 1.15 bits per heavy atom. The molecule has 0 atom stereocenters. The van der Waals surface area contributed by atoms with Crippen LogP contribution in [0.2, 0.25) is 0 Å². The van der Waals surface area contributed by atoms with Gasteiger partial charge in [-0.2, -0.15) is 0 Å². The van der Waals surface area contributed by atoms with Crippen molar-refractivity contribution in [3.63, 3.8) is 0 Å². The molecule has 8 N–H and O–H groups in total. The fourth-order valence-electron chi connectivity index (χ4n) is 3.50. The van der Waals surface area contributed by atoms with Crippen LogP contribution in [0.1, 0.15) is 25.7 Å². The van der Waals surface area contributed by atoms with Gasteiger partial charge < -0.3 is 32.3 Å². The number of hydrogen-bond donors (Lipinski definition) is 5. The molecule has 0 aromatic heterocycles. The number of hydrogen-bond acceptors (Lipinski definition) is 6. The van der Waals surface area contributed by atoms with Crippen LogP contribution in [0.5, 0.6) is 0 Å². The van der Waals surface area contributed by atoms with Crippen LogP contribution in [-0.4, -0.2) is 35.5 Å². The first-order chi connectivity index (χ1) is 12.6. The lowest BCUT2D eigenvalue weighted by Crippen LogP contribution is -2.48. The van der Waals surface area contributed by atoms with Gasteiger partial charge in [-0.05, 0) is 80.8 Å². The molecule has 0 saturated carbocycles. The van der Waals surface area contributed by atoms with Crippen LogP contribution in [0.3, 0.4) is 0 Å². The second-order valence-corrected chi connectivity index (χ2v) is 6.58. The van der Waals surface area contributed by atoms with E-state index >= 15 is 0 Å². The van der Waals surface area contributed by atoms with E-state index in [-0.39, 0.29) is 13.2 Å². The Bertz CT molecular complexity index is 607. The maximum absolute atomic E-state index is 9.78. The predicted molar refractivity (Wildman–Crippen MR) is 108 cm³/mol. The third kappa shape index (κ3) is 4.66. The highest BCUT2D eigenvalue weighted by Gasteiger charge is 2.36. The van der Waals surface area contributed by atoms with Gasteiger partial charge in [0, 0.05) is 41.5 Å². The van der Waals surface area contributed by atoms with E-state index in [0.29, 0.717) is 30.8 Å². The van der Waals surface area contributed by atoms with Crippen LogP contribution < -0.4 is 22.1 Å². The summed E-state index contributed by atoms with van der Waals surface area (Å²) < 4.78 is 0. The Morgan fingerprint density at radius 1 is 0.731 bits per heavy atom. The molecule has 0 aliphatic heterocycles. The molecular formula is C20H30N4O2. The average molecular weight is 358 g/mol. The Hall–Kier alpha value is -2.28.